The summed E-state index contributed by atoms with van der Waals surface area (Å²) >= 11 is 0. The highest BCUT2D eigenvalue weighted by Crippen LogP contribution is 2.41. The summed E-state index contributed by atoms with van der Waals surface area (Å²) in [5.41, 5.74) is -1.56. The molecule has 0 heterocycles. The van der Waals surface area contributed by atoms with Crippen molar-refractivity contribution >= 4 is 21.6 Å². The predicted octanol–water partition coefficient (Wildman–Crippen LogP) is 2.78. The van der Waals surface area contributed by atoms with Crippen molar-refractivity contribution in [2.75, 3.05) is 11.9 Å². The van der Waals surface area contributed by atoms with Gasteiger partial charge >= 0.3 is 0 Å². The van der Waals surface area contributed by atoms with Gasteiger partial charge in [0.05, 0.1) is 0 Å². The molecular formula is C20H21F3N2O5S. The highest BCUT2D eigenvalue weighted by Gasteiger charge is 2.49. The maximum Gasteiger partial charge on any atom is 0.266 e. The van der Waals surface area contributed by atoms with E-state index >= 15 is 0 Å². The number of alkyl halides is 2. The molecule has 0 bridgehead atoms. The van der Waals surface area contributed by atoms with Gasteiger partial charge in [0.15, 0.2) is 0 Å². The van der Waals surface area contributed by atoms with Crippen molar-refractivity contribution in [1.82, 2.24) is 4.72 Å². The minimum absolute atomic E-state index is 0.0733. The zero-order valence-electron chi connectivity index (χ0n) is 16.4. The van der Waals surface area contributed by atoms with Crippen LogP contribution in [0.15, 0.2) is 41.3 Å². The number of carbonyl (C=O) groups is 1. The molecule has 2 aromatic carbocycles. The van der Waals surface area contributed by atoms with E-state index in [1.165, 1.54) is 31.2 Å². The van der Waals surface area contributed by atoms with Crippen LogP contribution in [0.5, 0.6) is 5.75 Å². The average Bonchev–Trinajstić information content (AvgIpc) is 2.67. The molecule has 0 aliphatic heterocycles. The van der Waals surface area contributed by atoms with Gasteiger partial charge in [0.1, 0.15) is 22.1 Å². The Morgan fingerprint density at radius 2 is 1.90 bits per heavy atom. The highest BCUT2D eigenvalue weighted by molar-refractivity contribution is 7.89. The van der Waals surface area contributed by atoms with Gasteiger partial charge in [-0.15, -0.1) is 0 Å². The number of halogens is 3. The molecule has 0 saturated heterocycles. The number of aromatic hydroxyl groups is 1. The van der Waals surface area contributed by atoms with Crippen molar-refractivity contribution in [3.8, 4) is 5.75 Å². The number of aryl methyl sites for hydroxylation is 1. The lowest BCUT2D eigenvalue weighted by atomic mass is 9.71. The molecule has 4 N–H and O–H groups in total. The molecule has 2 aromatic rings. The third-order valence-corrected chi connectivity index (χ3v) is 6.63. The van der Waals surface area contributed by atoms with Crippen LogP contribution in [-0.2, 0) is 10.0 Å². The van der Waals surface area contributed by atoms with Gasteiger partial charge in [-0.2, -0.15) is 0 Å². The number of sulfonamides is 1. The zero-order chi connectivity index (χ0) is 23.0. The Bertz CT molecular complexity index is 1100. The molecule has 11 heteroatoms. The summed E-state index contributed by atoms with van der Waals surface area (Å²) in [5.74, 6) is -2.20. The molecule has 3 rings (SSSR count). The van der Waals surface area contributed by atoms with Crippen LogP contribution in [0.3, 0.4) is 0 Å². The van der Waals surface area contributed by atoms with Crippen LogP contribution in [0.1, 0.15) is 28.8 Å². The molecule has 0 aromatic heterocycles. The van der Waals surface area contributed by atoms with Crippen molar-refractivity contribution < 1.29 is 36.6 Å². The summed E-state index contributed by atoms with van der Waals surface area (Å²) in [6.45, 7) is 1.31. The number of hydrogen-bond acceptors (Lipinski definition) is 5. The number of benzene rings is 2. The van der Waals surface area contributed by atoms with E-state index in [0.29, 0.717) is 11.3 Å². The van der Waals surface area contributed by atoms with Crippen molar-refractivity contribution in [1.29, 1.82) is 0 Å². The monoisotopic (exact) mass is 458 g/mol. The molecule has 31 heavy (non-hydrogen) atoms. The summed E-state index contributed by atoms with van der Waals surface area (Å²) in [5, 5.41) is 22.0. The first-order valence-electron chi connectivity index (χ1n) is 9.32. The normalized spacial score (nSPS) is 21.0. The van der Waals surface area contributed by atoms with Crippen LogP contribution in [0.4, 0.5) is 18.9 Å². The van der Waals surface area contributed by atoms with E-state index in [2.05, 4.69) is 10.0 Å². The van der Waals surface area contributed by atoms with Crippen molar-refractivity contribution in [3.05, 3.63) is 53.3 Å². The third-order valence-electron chi connectivity index (χ3n) is 5.18. The Kier molecular flexibility index (Phi) is 6.30. The number of rotatable bonds is 7. The van der Waals surface area contributed by atoms with Gasteiger partial charge in [0, 0.05) is 17.8 Å². The first-order valence-corrected chi connectivity index (χ1v) is 10.8. The lowest BCUT2D eigenvalue weighted by Crippen LogP contribution is -2.52. The largest absolute Gasteiger partial charge is 0.507 e. The Balaban J connectivity index is 1.70. The minimum atomic E-state index is -4.26. The summed E-state index contributed by atoms with van der Waals surface area (Å²) in [4.78, 5) is 11.9. The Morgan fingerprint density at radius 3 is 2.52 bits per heavy atom. The summed E-state index contributed by atoms with van der Waals surface area (Å²) in [7, 11) is -4.26. The van der Waals surface area contributed by atoms with Crippen LogP contribution < -0.4 is 10.0 Å². The van der Waals surface area contributed by atoms with E-state index < -0.39 is 50.3 Å². The predicted molar refractivity (Wildman–Crippen MR) is 106 cm³/mol. The van der Waals surface area contributed by atoms with E-state index in [9.17, 15) is 36.6 Å². The summed E-state index contributed by atoms with van der Waals surface area (Å²) in [6.07, 6.45) is -3.42. The van der Waals surface area contributed by atoms with E-state index in [-0.39, 0.29) is 24.9 Å². The lowest BCUT2D eigenvalue weighted by molar-refractivity contribution is -0.166. The molecule has 0 unspecified atom stereocenters. The number of amides is 1. The number of aliphatic hydroxyl groups is 1. The number of nitrogens with one attached hydrogen (secondary N) is 2. The van der Waals surface area contributed by atoms with Gasteiger partial charge < -0.3 is 15.5 Å². The molecule has 168 valence electrons. The average molecular weight is 458 g/mol. The van der Waals surface area contributed by atoms with Crippen LogP contribution in [0.25, 0.3) is 0 Å². The van der Waals surface area contributed by atoms with Crippen molar-refractivity contribution in [2.45, 2.75) is 36.7 Å². The maximum atomic E-state index is 13.4. The number of phenolic OH excluding ortho intramolecular Hbond substituents is 1. The van der Waals surface area contributed by atoms with E-state index in [1.807, 2.05) is 0 Å². The highest BCUT2D eigenvalue weighted by atomic mass is 32.2. The molecule has 1 fully saturated rings. The topological polar surface area (TPSA) is 116 Å². The molecule has 1 aliphatic rings. The van der Waals surface area contributed by atoms with Gasteiger partial charge in [0.25, 0.3) is 12.3 Å². The molecule has 0 radical (unpaired) electrons. The maximum absolute atomic E-state index is 13.4. The third kappa shape index (κ3) is 5.00. The second kappa shape index (κ2) is 8.48. The molecule has 7 nitrogen and oxygen atoms in total. The zero-order valence-corrected chi connectivity index (χ0v) is 17.2. The molecule has 0 spiro atoms. The minimum Gasteiger partial charge on any atom is -0.507 e. The Morgan fingerprint density at radius 1 is 1.23 bits per heavy atom. The van der Waals surface area contributed by atoms with Crippen molar-refractivity contribution in [3.63, 3.8) is 0 Å². The van der Waals surface area contributed by atoms with Crippen LogP contribution in [-0.4, -0.2) is 43.1 Å². The summed E-state index contributed by atoms with van der Waals surface area (Å²) < 4.78 is 66.0. The van der Waals surface area contributed by atoms with Gasteiger partial charge in [-0.3, -0.25) is 4.79 Å². The first kappa shape index (κ1) is 23.0. The smallest absolute Gasteiger partial charge is 0.266 e. The molecule has 1 saturated carbocycles. The standard InChI is InChI=1S/C20H21F3N2O5S/c1-11-6-14(3-4-15(11)21)25-18(27)13-2-5-16(26)17(7-13)31(29,30)24-10-12-8-20(28,9-12)19(22)23/h2-7,12,19,24,26,28H,8-10H2,1H3,(H,25,27). The molecule has 1 amide bonds. The van der Waals surface area contributed by atoms with Gasteiger partial charge in [0.2, 0.25) is 10.0 Å². The molecular weight excluding hydrogens is 437 g/mol. The summed E-state index contributed by atoms with van der Waals surface area (Å²) in [6, 6.07) is 7.16. The number of hydrogen-bond donors (Lipinski definition) is 4. The van der Waals surface area contributed by atoms with E-state index in [4.69, 9.17) is 0 Å². The van der Waals surface area contributed by atoms with Crippen molar-refractivity contribution in [2.24, 2.45) is 5.92 Å². The quantitative estimate of drug-likeness (QED) is 0.509. The SMILES string of the molecule is Cc1cc(NC(=O)c2ccc(O)c(S(=O)(=O)NCC3CC(O)(C(F)F)C3)c2)ccc1F. The van der Waals surface area contributed by atoms with Gasteiger partial charge in [-0.25, -0.2) is 26.3 Å². The fraction of sp³-hybridized carbons (Fsp3) is 0.350. The fourth-order valence-corrected chi connectivity index (χ4v) is 4.60. The second-order valence-electron chi connectivity index (χ2n) is 7.63. The molecule has 1 aliphatic carbocycles. The Hall–Kier alpha value is -2.63. The number of carbonyl (C=O) groups excluding carboxylic acids is 1. The van der Waals surface area contributed by atoms with Crippen LogP contribution in [0.2, 0.25) is 0 Å². The van der Waals surface area contributed by atoms with E-state index in [1.54, 1.807) is 0 Å². The first-order chi connectivity index (χ1) is 14.4. The van der Waals surface area contributed by atoms with Crippen LogP contribution in [0, 0.1) is 18.7 Å². The van der Waals surface area contributed by atoms with Gasteiger partial charge in [-0.05, 0) is 67.6 Å². The number of anilines is 1. The van der Waals surface area contributed by atoms with E-state index in [0.717, 1.165) is 12.1 Å². The Labute approximate surface area is 177 Å². The number of phenols is 1. The van der Waals surface area contributed by atoms with Gasteiger partial charge in [-0.1, -0.05) is 0 Å². The fourth-order valence-electron chi connectivity index (χ4n) is 3.36. The lowest BCUT2D eigenvalue weighted by Gasteiger charge is -2.42. The van der Waals surface area contributed by atoms with Crippen LogP contribution >= 0.6 is 0 Å². The second-order valence-corrected chi connectivity index (χ2v) is 9.37. The molecule has 0 atom stereocenters.